The lowest BCUT2D eigenvalue weighted by atomic mass is 10.1. The molecule has 0 aliphatic rings. The van der Waals surface area contributed by atoms with Crippen LogP contribution in [0.2, 0.25) is 0 Å². The van der Waals surface area contributed by atoms with Gasteiger partial charge in [-0.2, -0.15) is 4.72 Å². The average Bonchev–Trinajstić information content (AvgIpc) is 2.66. The quantitative estimate of drug-likeness (QED) is 0.585. The Balaban J connectivity index is 1.93. The van der Waals surface area contributed by atoms with Crippen molar-refractivity contribution in [1.29, 1.82) is 0 Å². The molecule has 2 aromatic rings. The summed E-state index contributed by atoms with van der Waals surface area (Å²) in [6.45, 7) is 2.61. The number of hydrogen-bond acceptors (Lipinski definition) is 6. The second kappa shape index (κ2) is 9.29. The number of hydrogen-bond donors (Lipinski definition) is 3. The predicted octanol–water partition coefficient (Wildman–Crippen LogP) is 0.896. The highest BCUT2D eigenvalue weighted by molar-refractivity contribution is 7.89. The van der Waals surface area contributed by atoms with Gasteiger partial charge in [0.15, 0.2) is 6.10 Å². The van der Waals surface area contributed by atoms with Crippen molar-refractivity contribution in [2.75, 3.05) is 13.1 Å². The summed E-state index contributed by atoms with van der Waals surface area (Å²) >= 11 is 0. The minimum Gasteiger partial charge on any atom is -0.452 e. The van der Waals surface area contributed by atoms with Gasteiger partial charge in [-0.25, -0.2) is 13.2 Å². The number of esters is 1. The number of carbonyl (C=O) groups excluding carboxylic acids is 3. The predicted molar refractivity (Wildman–Crippen MR) is 102 cm³/mol. The number of amides is 3. The SMILES string of the molecule is CCNC(=O)NC(=O)[C@H](C)OC(=O)CNS(=O)(=O)c1ccc2ccccc2c1. The van der Waals surface area contributed by atoms with E-state index in [1.54, 1.807) is 25.1 Å². The van der Waals surface area contributed by atoms with E-state index in [0.29, 0.717) is 6.54 Å². The lowest BCUT2D eigenvalue weighted by Gasteiger charge is -2.13. The second-order valence-electron chi connectivity index (χ2n) is 5.81. The molecule has 0 aliphatic heterocycles. The van der Waals surface area contributed by atoms with E-state index in [1.807, 2.05) is 17.4 Å². The molecule has 9 nitrogen and oxygen atoms in total. The molecule has 2 aromatic carbocycles. The normalized spacial score (nSPS) is 12.2. The van der Waals surface area contributed by atoms with Crippen molar-refractivity contribution in [2.24, 2.45) is 0 Å². The first-order valence-electron chi connectivity index (χ1n) is 8.49. The van der Waals surface area contributed by atoms with Gasteiger partial charge in [0.25, 0.3) is 5.91 Å². The zero-order chi connectivity index (χ0) is 20.7. The van der Waals surface area contributed by atoms with Crippen molar-refractivity contribution in [2.45, 2.75) is 24.8 Å². The maximum Gasteiger partial charge on any atom is 0.321 e. The third-order valence-electron chi connectivity index (χ3n) is 3.69. The van der Waals surface area contributed by atoms with Crippen LogP contribution >= 0.6 is 0 Å². The van der Waals surface area contributed by atoms with Gasteiger partial charge in [0.2, 0.25) is 10.0 Å². The van der Waals surface area contributed by atoms with Crippen molar-refractivity contribution < 1.29 is 27.5 Å². The zero-order valence-corrected chi connectivity index (χ0v) is 16.2. The first-order valence-corrected chi connectivity index (χ1v) is 9.98. The minimum absolute atomic E-state index is 0.000952. The largest absolute Gasteiger partial charge is 0.452 e. The standard InChI is InChI=1S/C18H21N3O6S/c1-3-19-18(24)21-17(23)12(2)27-16(22)11-20-28(25,26)15-9-8-13-6-4-5-7-14(13)10-15/h4-10,12,20H,3,11H2,1-2H3,(H2,19,21,23,24)/t12-/m0/s1. The van der Waals surface area contributed by atoms with Crippen molar-refractivity contribution in [3.05, 3.63) is 42.5 Å². The highest BCUT2D eigenvalue weighted by Crippen LogP contribution is 2.18. The molecule has 3 amide bonds. The molecule has 0 heterocycles. The van der Waals surface area contributed by atoms with Gasteiger partial charge in [-0.1, -0.05) is 30.3 Å². The Labute approximate surface area is 162 Å². The van der Waals surface area contributed by atoms with E-state index in [2.05, 4.69) is 10.0 Å². The average molecular weight is 407 g/mol. The monoisotopic (exact) mass is 407 g/mol. The molecule has 0 unspecified atom stereocenters. The second-order valence-corrected chi connectivity index (χ2v) is 7.58. The molecule has 0 fully saturated rings. The summed E-state index contributed by atoms with van der Waals surface area (Å²) in [5, 5.41) is 5.98. The van der Waals surface area contributed by atoms with Crippen molar-refractivity contribution in [1.82, 2.24) is 15.4 Å². The number of imide groups is 1. The fourth-order valence-electron chi connectivity index (χ4n) is 2.28. The van der Waals surface area contributed by atoms with Crippen molar-refractivity contribution in [3.63, 3.8) is 0 Å². The third kappa shape index (κ3) is 5.76. The van der Waals surface area contributed by atoms with Crippen LogP contribution in [-0.4, -0.2) is 45.5 Å². The molecule has 0 radical (unpaired) electrons. The summed E-state index contributed by atoms with van der Waals surface area (Å²) in [6.07, 6.45) is -1.26. The van der Waals surface area contributed by atoms with Crippen LogP contribution in [0, 0.1) is 0 Å². The molecule has 28 heavy (non-hydrogen) atoms. The van der Waals surface area contributed by atoms with Gasteiger partial charge in [-0.05, 0) is 36.8 Å². The molecular weight excluding hydrogens is 386 g/mol. The van der Waals surface area contributed by atoms with Gasteiger partial charge in [-0.3, -0.25) is 14.9 Å². The number of nitrogens with one attached hydrogen (secondary N) is 3. The fourth-order valence-corrected chi connectivity index (χ4v) is 3.29. The Bertz CT molecular complexity index is 990. The van der Waals surface area contributed by atoms with Crippen LogP contribution in [0.5, 0.6) is 0 Å². The summed E-state index contributed by atoms with van der Waals surface area (Å²) < 4.78 is 31.7. The molecule has 10 heteroatoms. The van der Waals surface area contributed by atoms with Gasteiger partial charge < -0.3 is 10.1 Å². The van der Waals surface area contributed by atoms with Gasteiger partial charge in [0, 0.05) is 6.54 Å². The van der Waals surface area contributed by atoms with E-state index in [-0.39, 0.29) is 4.90 Å². The van der Waals surface area contributed by atoms with Gasteiger partial charge >= 0.3 is 12.0 Å². The smallest absolute Gasteiger partial charge is 0.321 e. The maximum atomic E-state index is 12.4. The number of benzene rings is 2. The van der Waals surface area contributed by atoms with Gasteiger partial charge in [0.05, 0.1) is 4.90 Å². The number of urea groups is 1. The number of fused-ring (bicyclic) bond motifs is 1. The molecule has 150 valence electrons. The van der Waals surface area contributed by atoms with Crippen LogP contribution in [-0.2, 0) is 24.3 Å². The molecule has 0 bridgehead atoms. The van der Waals surface area contributed by atoms with E-state index in [1.165, 1.54) is 19.1 Å². The highest BCUT2D eigenvalue weighted by atomic mass is 32.2. The summed E-state index contributed by atoms with van der Waals surface area (Å²) in [5.74, 6) is -1.78. The van der Waals surface area contributed by atoms with Gasteiger partial charge in [0.1, 0.15) is 6.54 Å². The Hall–Kier alpha value is -2.98. The molecule has 0 saturated carbocycles. The zero-order valence-electron chi connectivity index (χ0n) is 15.4. The highest BCUT2D eigenvalue weighted by Gasteiger charge is 2.22. The molecular formula is C18H21N3O6S. The van der Waals surface area contributed by atoms with E-state index in [0.717, 1.165) is 10.8 Å². The number of carbonyl (C=O) groups is 3. The maximum absolute atomic E-state index is 12.4. The molecule has 2 rings (SSSR count). The Kier molecular flexibility index (Phi) is 7.07. The Morgan fingerprint density at radius 1 is 1.07 bits per heavy atom. The van der Waals surface area contributed by atoms with Crippen LogP contribution < -0.4 is 15.4 Å². The summed E-state index contributed by atoms with van der Waals surface area (Å²) in [7, 11) is -3.94. The van der Waals surface area contributed by atoms with Crippen LogP contribution in [0.15, 0.2) is 47.4 Å². The minimum atomic E-state index is -3.94. The Morgan fingerprint density at radius 2 is 1.75 bits per heavy atom. The topological polar surface area (TPSA) is 131 Å². The first-order chi connectivity index (χ1) is 13.2. The number of ether oxygens (including phenoxy) is 1. The number of rotatable bonds is 7. The first kappa shape index (κ1) is 21.3. The van der Waals surface area contributed by atoms with Crippen LogP contribution in [0.1, 0.15) is 13.8 Å². The van der Waals surface area contributed by atoms with Crippen LogP contribution in [0.4, 0.5) is 4.79 Å². The Morgan fingerprint density at radius 3 is 2.43 bits per heavy atom. The molecule has 0 aliphatic carbocycles. The third-order valence-corrected chi connectivity index (χ3v) is 5.09. The molecule has 0 saturated heterocycles. The van der Waals surface area contributed by atoms with E-state index < -0.39 is 40.6 Å². The van der Waals surface area contributed by atoms with Crippen LogP contribution in [0.3, 0.4) is 0 Å². The molecule has 0 aromatic heterocycles. The fraction of sp³-hybridized carbons (Fsp3) is 0.278. The van der Waals surface area contributed by atoms with E-state index >= 15 is 0 Å². The molecule has 1 atom stereocenters. The summed E-state index contributed by atoms with van der Waals surface area (Å²) in [5.41, 5.74) is 0. The molecule has 0 spiro atoms. The molecule has 3 N–H and O–H groups in total. The number of sulfonamides is 1. The lowest BCUT2D eigenvalue weighted by molar-refractivity contribution is -0.153. The van der Waals surface area contributed by atoms with Crippen molar-refractivity contribution in [3.8, 4) is 0 Å². The summed E-state index contributed by atoms with van der Waals surface area (Å²) in [4.78, 5) is 34.8. The van der Waals surface area contributed by atoms with Crippen LogP contribution in [0.25, 0.3) is 10.8 Å². The van der Waals surface area contributed by atoms with Crippen molar-refractivity contribution >= 4 is 38.7 Å². The van der Waals surface area contributed by atoms with Gasteiger partial charge in [-0.15, -0.1) is 0 Å². The van der Waals surface area contributed by atoms with E-state index in [4.69, 9.17) is 4.74 Å². The van der Waals surface area contributed by atoms with E-state index in [9.17, 15) is 22.8 Å². The lowest BCUT2D eigenvalue weighted by Crippen LogP contribution is -2.45. The summed E-state index contributed by atoms with van der Waals surface area (Å²) in [6, 6.07) is 11.1.